The summed E-state index contributed by atoms with van der Waals surface area (Å²) in [4.78, 5) is 9.69. The Morgan fingerprint density at radius 3 is 2.61 bits per heavy atom. The minimum atomic E-state index is 0.430. The van der Waals surface area contributed by atoms with Crippen LogP contribution in [-0.4, -0.2) is 27.4 Å². The van der Waals surface area contributed by atoms with E-state index >= 15 is 0 Å². The van der Waals surface area contributed by atoms with Gasteiger partial charge in [0.05, 0.1) is 11.7 Å². The minimum absolute atomic E-state index is 0.430. The Balaban J connectivity index is 1.90. The van der Waals surface area contributed by atoms with Crippen LogP contribution in [0, 0.1) is 0 Å². The van der Waals surface area contributed by atoms with Crippen LogP contribution in [-0.2, 0) is 0 Å². The molecule has 6 heteroatoms. The second kappa shape index (κ2) is 7.62. The van der Waals surface area contributed by atoms with Crippen molar-refractivity contribution >= 4 is 35.7 Å². The smallest absolute Gasteiger partial charge is 0.165 e. The maximum Gasteiger partial charge on any atom is 0.165 e. The third-order valence-corrected chi connectivity index (χ3v) is 5.53. The Morgan fingerprint density at radius 1 is 1.11 bits per heavy atom. The zero-order valence-electron chi connectivity index (χ0n) is 16.8. The highest BCUT2D eigenvalue weighted by atomic mass is 15.3. The SMILES string of the molecule is Bc1c(C(CCC)CCC)nc2c(-c3cnc4ccccc4c3)cnn2c1N. The second-order valence-corrected chi connectivity index (χ2v) is 7.49. The zero-order valence-corrected chi connectivity index (χ0v) is 16.8. The number of benzene rings is 1. The maximum atomic E-state index is 6.48. The average Bonchev–Trinajstić information content (AvgIpc) is 3.14. The number of aromatic nitrogens is 4. The molecule has 3 aromatic heterocycles. The summed E-state index contributed by atoms with van der Waals surface area (Å²) in [6.45, 7) is 4.45. The second-order valence-electron chi connectivity index (χ2n) is 7.49. The van der Waals surface area contributed by atoms with Gasteiger partial charge in [-0.05, 0) is 30.4 Å². The standard InChI is InChI=1S/C22H26BN5/c1-3-7-14(8-4-2)20-19(23)21(24)28-22(27-20)17(13-26-28)16-11-15-9-5-6-10-18(15)25-12-16/h5-6,9-14H,3-4,7-8,23-24H2,1-2H3. The molecular formula is C22H26BN5. The fraction of sp³-hybridized carbons (Fsp3) is 0.318. The van der Waals surface area contributed by atoms with Crippen LogP contribution in [0.2, 0.25) is 0 Å². The van der Waals surface area contributed by atoms with Gasteiger partial charge in [0.1, 0.15) is 13.7 Å². The summed E-state index contributed by atoms with van der Waals surface area (Å²) in [6, 6.07) is 10.3. The van der Waals surface area contributed by atoms with Crippen LogP contribution in [0.4, 0.5) is 5.82 Å². The van der Waals surface area contributed by atoms with Gasteiger partial charge in [0.15, 0.2) is 5.65 Å². The van der Waals surface area contributed by atoms with Gasteiger partial charge in [-0.2, -0.15) is 9.61 Å². The van der Waals surface area contributed by atoms with E-state index in [0.717, 1.165) is 64.5 Å². The van der Waals surface area contributed by atoms with Crippen molar-refractivity contribution in [3.8, 4) is 11.1 Å². The molecule has 0 aliphatic rings. The van der Waals surface area contributed by atoms with Crippen LogP contribution < -0.4 is 11.2 Å². The molecule has 0 spiro atoms. The lowest BCUT2D eigenvalue weighted by atomic mass is 9.84. The molecule has 5 nitrogen and oxygen atoms in total. The Hall–Kier alpha value is -2.89. The molecule has 0 aliphatic heterocycles. The third kappa shape index (κ3) is 3.13. The van der Waals surface area contributed by atoms with Crippen LogP contribution in [0.5, 0.6) is 0 Å². The maximum absolute atomic E-state index is 6.48. The van der Waals surface area contributed by atoms with Gasteiger partial charge in [0.25, 0.3) is 0 Å². The molecule has 0 aliphatic carbocycles. The first-order chi connectivity index (χ1) is 13.6. The molecule has 2 N–H and O–H groups in total. The molecule has 0 bridgehead atoms. The monoisotopic (exact) mass is 371 g/mol. The Labute approximate surface area is 166 Å². The van der Waals surface area contributed by atoms with Crippen molar-refractivity contribution < 1.29 is 0 Å². The van der Waals surface area contributed by atoms with Crippen molar-refractivity contribution in [1.82, 2.24) is 19.6 Å². The van der Waals surface area contributed by atoms with E-state index in [1.807, 2.05) is 30.6 Å². The molecule has 0 amide bonds. The van der Waals surface area contributed by atoms with Crippen LogP contribution in [0.1, 0.15) is 51.1 Å². The van der Waals surface area contributed by atoms with E-state index in [1.54, 1.807) is 4.52 Å². The van der Waals surface area contributed by atoms with Crippen molar-refractivity contribution in [3.63, 3.8) is 0 Å². The molecule has 0 unspecified atom stereocenters. The summed E-state index contributed by atoms with van der Waals surface area (Å²) in [5.74, 6) is 1.11. The summed E-state index contributed by atoms with van der Waals surface area (Å²) < 4.78 is 1.76. The molecule has 0 atom stereocenters. The van der Waals surface area contributed by atoms with E-state index in [1.165, 1.54) is 0 Å². The molecule has 4 rings (SSSR count). The summed E-state index contributed by atoms with van der Waals surface area (Å²) >= 11 is 0. The number of hydrogen-bond donors (Lipinski definition) is 1. The van der Waals surface area contributed by atoms with Crippen molar-refractivity contribution in [2.45, 2.75) is 45.4 Å². The molecule has 0 saturated carbocycles. The number of fused-ring (bicyclic) bond motifs is 2. The predicted octanol–water partition coefficient (Wildman–Crippen LogP) is 3.47. The number of anilines is 1. The lowest BCUT2D eigenvalue weighted by Crippen LogP contribution is -2.24. The van der Waals surface area contributed by atoms with E-state index in [2.05, 4.69) is 43.9 Å². The number of para-hydroxylation sites is 1. The van der Waals surface area contributed by atoms with Crippen LogP contribution >= 0.6 is 0 Å². The number of nitrogens with zero attached hydrogens (tertiary/aromatic N) is 4. The van der Waals surface area contributed by atoms with Crippen molar-refractivity contribution in [1.29, 1.82) is 0 Å². The molecule has 28 heavy (non-hydrogen) atoms. The lowest BCUT2D eigenvalue weighted by Gasteiger charge is -2.19. The van der Waals surface area contributed by atoms with Crippen molar-refractivity contribution in [3.05, 3.63) is 48.4 Å². The Kier molecular flexibility index (Phi) is 5.03. The molecule has 0 radical (unpaired) electrons. The number of pyridine rings is 1. The van der Waals surface area contributed by atoms with E-state index in [9.17, 15) is 0 Å². The molecular weight excluding hydrogens is 345 g/mol. The van der Waals surface area contributed by atoms with Gasteiger partial charge in [0.2, 0.25) is 0 Å². The fourth-order valence-electron chi connectivity index (χ4n) is 4.05. The topological polar surface area (TPSA) is 69.1 Å². The van der Waals surface area contributed by atoms with Crippen LogP contribution in [0.25, 0.3) is 27.7 Å². The van der Waals surface area contributed by atoms with Gasteiger partial charge in [-0.15, -0.1) is 0 Å². The fourth-order valence-corrected chi connectivity index (χ4v) is 4.05. The largest absolute Gasteiger partial charge is 0.384 e. The quantitative estimate of drug-likeness (QED) is 0.527. The van der Waals surface area contributed by atoms with E-state index < -0.39 is 0 Å². The van der Waals surface area contributed by atoms with Gasteiger partial charge < -0.3 is 5.73 Å². The number of nitrogens with two attached hydrogens (primary N) is 1. The summed E-state index contributed by atoms with van der Waals surface area (Å²) in [5, 5.41) is 5.64. The van der Waals surface area contributed by atoms with E-state index in [-0.39, 0.29) is 0 Å². The average molecular weight is 371 g/mol. The lowest BCUT2D eigenvalue weighted by molar-refractivity contribution is 0.551. The summed E-state index contributed by atoms with van der Waals surface area (Å²) in [6.07, 6.45) is 8.26. The highest BCUT2D eigenvalue weighted by Crippen LogP contribution is 2.30. The Bertz CT molecular complexity index is 1130. The highest BCUT2D eigenvalue weighted by molar-refractivity contribution is 6.36. The molecule has 142 valence electrons. The first-order valence-electron chi connectivity index (χ1n) is 10.1. The van der Waals surface area contributed by atoms with E-state index in [0.29, 0.717) is 11.7 Å². The molecule has 0 saturated heterocycles. The zero-order chi connectivity index (χ0) is 19.7. The number of nitrogen functional groups attached to an aromatic ring is 1. The molecule has 0 fully saturated rings. The minimum Gasteiger partial charge on any atom is -0.384 e. The van der Waals surface area contributed by atoms with Gasteiger partial charge in [-0.1, -0.05) is 44.9 Å². The normalized spacial score (nSPS) is 11.7. The predicted molar refractivity (Wildman–Crippen MR) is 119 cm³/mol. The first-order valence-corrected chi connectivity index (χ1v) is 10.1. The van der Waals surface area contributed by atoms with Gasteiger partial charge >= 0.3 is 0 Å². The van der Waals surface area contributed by atoms with Crippen molar-refractivity contribution in [2.24, 2.45) is 0 Å². The van der Waals surface area contributed by atoms with Gasteiger partial charge in [0, 0.05) is 34.3 Å². The Morgan fingerprint density at radius 2 is 1.86 bits per heavy atom. The number of hydrogen-bond acceptors (Lipinski definition) is 4. The first kappa shape index (κ1) is 18.5. The summed E-state index contributed by atoms with van der Waals surface area (Å²) in [5.41, 5.74) is 12.4. The van der Waals surface area contributed by atoms with Crippen molar-refractivity contribution in [2.75, 3.05) is 5.73 Å². The molecule has 1 aromatic carbocycles. The summed E-state index contributed by atoms with van der Waals surface area (Å²) in [7, 11) is 2.06. The molecule has 4 aromatic rings. The van der Waals surface area contributed by atoms with Crippen LogP contribution in [0.3, 0.4) is 0 Å². The van der Waals surface area contributed by atoms with Gasteiger partial charge in [-0.25, -0.2) is 4.98 Å². The highest BCUT2D eigenvalue weighted by Gasteiger charge is 2.20. The molecule has 3 heterocycles. The third-order valence-electron chi connectivity index (χ3n) is 5.53. The van der Waals surface area contributed by atoms with Crippen LogP contribution in [0.15, 0.2) is 42.7 Å². The number of rotatable bonds is 6. The van der Waals surface area contributed by atoms with E-state index in [4.69, 9.17) is 10.7 Å². The van der Waals surface area contributed by atoms with Gasteiger partial charge in [-0.3, -0.25) is 4.98 Å².